The van der Waals surface area contributed by atoms with Crippen molar-refractivity contribution in [1.29, 1.82) is 5.26 Å². The lowest BCUT2D eigenvalue weighted by molar-refractivity contribution is -0.130. The average Bonchev–Trinajstić information content (AvgIpc) is 3.51. The molecule has 0 heterocycles. The number of nitriles is 1. The number of hydrogen-bond acceptors (Lipinski definition) is 5. The van der Waals surface area contributed by atoms with Crippen molar-refractivity contribution < 1.29 is 19.1 Å². The quantitative estimate of drug-likeness (QED) is 0.721. The predicted octanol–water partition coefficient (Wildman–Crippen LogP) is 2.72. The molecule has 3 rings (SSSR count). The number of benzene rings is 2. The molecule has 2 aromatic rings. The number of ether oxygens (including phenoxy) is 1. The van der Waals surface area contributed by atoms with Gasteiger partial charge in [-0.25, -0.2) is 4.79 Å². The summed E-state index contributed by atoms with van der Waals surface area (Å²) in [6, 6.07) is 16.8. The minimum atomic E-state index is -1.04. The molecule has 142 valence electrons. The molecule has 1 saturated carbocycles. The molecule has 2 amide bonds. The molecule has 7 heteroatoms. The number of carbonyl (C=O) groups is 3. The van der Waals surface area contributed by atoms with Crippen molar-refractivity contribution in [1.82, 2.24) is 5.32 Å². The zero-order valence-corrected chi connectivity index (χ0v) is 15.1. The van der Waals surface area contributed by atoms with E-state index in [1.54, 1.807) is 30.3 Å². The Bertz CT molecular complexity index is 899. The van der Waals surface area contributed by atoms with Crippen LogP contribution in [0.2, 0.25) is 0 Å². The first-order valence-electron chi connectivity index (χ1n) is 8.90. The number of anilines is 1. The molecule has 28 heavy (non-hydrogen) atoms. The van der Waals surface area contributed by atoms with Gasteiger partial charge in [0.2, 0.25) is 12.0 Å². The lowest BCUT2D eigenvalue weighted by Crippen LogP contribution is -2.33. The second-order valence-corrected chi connectivity index (χ2v) is 6.44. The van der Waals surface area contributed by atoms with Crippen molar-refractivity contribution in [2.24, 2.45) is 0 Å². The van der Waals surface area contributed by atoms with Gasteiger partial charge in [-0.15, -0.1) is 0 Å². The average molecular weight is 377 g/mol. The fourth-order valence-electron chi connectivity index (χ4n) is 2.55. The van der Waals surface area contributed by atoms with E-state index in [-0.39, 0.29) is 23.9 Å². The Hall–Kier alpha value is -3.66. The van der Waals surface area contributed by atoms with E-state index in [2.05, 4.69) is 10.6 Å². The topological polar surface area (TPSA) is 108 Å². The largest absolute Gasteiger partial charge is 0.444 e. The second-order valence-electron chi connectivity index (χ2n) is 6.44. The Morgan fingerprint density at radius 3 is 2.36 bits per heavy atom. The number of carbonyl (C=O) groups excluding carboxylic acids is 3. The molecule has 1 fully saturated rings. The lowest BCUT2D eigenvalue weighted by atomic mass is 10.1. The fraction of sp³-hybridized carbons (Fsp3) is 0.238. The van der Waals surface area contributed by atoms with Crippen LogP contribution in [0.25, 0.3) is 0 Å². The van der Waals surface area contributed by atoms with Crippen molar-refractivity contribution >= 4 is 23.5 Å². The maximum atomic E-state index is 12.5. The first-order valence-corrected chi connectivity index (χ1v) is 8.90. The van der Waals surface area contributed by atoms with Crippen molar-refractivity contribution in [2.45, 2.75) is 31.4 Å². The molecular formula is C21H19N3O4. The highest BCUT2D eigenvalue weighted by molar-refractivity contribution is 5.95. The summed E-state index contributed by atoms with van der Waals surface area (Å²) in [7, 11) is 0. The molecule has 1 aliphatic rings. The molecule has 2 N–H and O–H groups in total. The summed E-state index contributed by atoms with van der Waals surface area (Å²) in [4.78, 5) is 36.5. The summed E-state index contributed by atoms with van der Waals surface area (Å²) in [5.74, 6) is -1.42. The molecule has 0 radical (unpaired) electrons. The van der Waals surface area contributed by atoms with Crippen LogP contribution in [0.1, 0.15) is 41.3 Å². The van der Waals surface area contributed by atoms with Gasteiger partial charge in [-0.3, -0.25) is 9.59 Å². The number of rotatable bonds is 7. The van der Waals surface area contributed by atoms with Gasteiger partial charge in [0.1, 0.15) is 6.42 Å². The van der Waals surface area contributed by atoms with E-state index >= 15 is 0 Å². The summed E-state index contributed by atoms with van der Waals surface area (Å²) in [5.41, 5.74) is 1.30. The van der Waals surface area contributed by atoms with Crippen molar-refractivity contribution in [3.63, 3.8) is 0 Å². The Labute approximate surface area is 162 Å². The van der Waals surface area contributed by atoms with Gasteiger partial charge in [0.15, 0.2) is 0 Å². The summed E-state index contributed by atoms with van der Waals surface area (Å²) in [5, 5.41) is 13.9. The van der Waals surface area contributed by atoms with Gasteiger partial charge >= 0.3 is 5.97 Å². The molecule has 0 spiro atoms. The molecule has 0 aliphatic heterocycles. The van der Waals surface area contributed by atoms with Gasteiger partial charge < -0.3 is 15.4 Å². The molecule has 1 aliphatic carbocycles. The van der Waals surface area contributed by atoms with Crippen LogP contribution in [-0.2, 0) is 14.3 Å². The normalized spacial score (nSPS) is 13.7. The molecule has 0 aromatic heterocycles. The van der Waals surface area contributed by atoms with Crippen LogP contribution in [0.4, 0.5) is 5.69 Å². The third-order valence-corrected chi connectivity index (χ3v) is 4.13. The van der Waals surface area contributed by atoms with Crippen LogP contribution in [0.15, 0.2) is 54.6 Å². The zero-order valence-electron chi connectivity index (χ0n) is 15.1. The third-order valence-electron chi connectivity index (χ3n) is 4.13. The van der Waals surface area contributed by atoms with Crippen LogP contribution in [0.5, 0.6) is 0 Å². The van der Waals surface area contributed by atoms with Crippen LogP contribution >= 0.6 is 0 Å². The molecule has 1 atom stereocenters. The molecular weight excluding hydrogens is 358 g/mol. The smallest absolute Gasteiger partial charge is 0.339 e. The highest BCUT2D eigenvalue weighted by atomic mass is 16.5. The van der Waals surface area contributed by atoms with E-state index in [1.807, 2.05) is 6.07 Å². The van der Waals surface area contributed by atoms with E-state index in [1.165, 1.54) is 24.3 Å². The maximum absolute atomic E-state index is 12.5. The number of nitrogens with one attached hydrogen (secondary N) is 2. The van der Waals surface area contributed by atoms with Crippen LogP contribution in [-0.4, -0.2) is 23.8 Å². The Morgan fingerprint density at radius 1 is 1.07 bits per heavy atom. The summed E-state index contributed by atoms with van der Waals surface area (Å²) < 4.78 is 5.49. The predicted molar refractivity (Wildman–Crippen MR) is 101 cm³/mol. The summed E-state index contributed by atoms with van der Waals surface area (Å²) in [6.45, 7) is 0. The van der Waals surface area contributed by atoms with Gasteiger partial charge in [0, 0.05) is 17.3 Å². The number of esters is 1. The van der Waals surface area contributed by atoms with E-state index in [0.717, 1.165) is 12.8 Å². The van der Waals surface area contributed by atoms with E-state index in [9.17, 15) is 14.4 Å². The number of nitrogens with zero attached hydrogens (tertiary/aromatic N) is 1. The Balaban J connectivity index is 1.70. The SMILES string of the molecule is N#CCC(=O)Nc1ccc(C(=O)O[C@H](C(=O)NC2CC2)c2ccccc2)cc1. The Kier molecular flexibility index (Phi) is 6.02. The van der Waals surface area contributed by atoms with E-state index in [0.29, 0.717) is 11.3 Å². The van der Waals surface area contributed by atoms with Gasteiger partial charge in [-0.05, 0) is 37.1 Å². The van der Waals surface area contributed by atoms with Crippen molar-refractivity contribution in [3.05, 3.63) is 65.7 Å². The standard InChI is InChI=1S/C21H19N3O4/c22-13-12-18(25)23-16-8-6-15(7-9-16)21(27)28-19(14-4-2-1-3-5-14)20(26)24-17-10-11-17/h1-9,17,19H,10-12H2,(H,23,25)(H,24,26)/t19-/m0/s1. The van der Waals surface area contributed by atoms with Gasteiger partial charge in [-0.1, -0.05) is 30.3 Å². The highest BCUT2D eigenvalue weighted by Gasteiger charge is 2.31. The molecule has 0 bridgehead atoms. The molecule has 7 nitrogen and oxygen atoms in total. The van der Waals surface area contributed by atoms with Crippen LogP contribution in [0, 0.1) is 11.3 Å². The second kappa shape index (κ2) is 8.82. The van der Waals surface area contributed by atoms with Gasteiger partial charge in [0.05, 0.1) is 11.6 Å². The molecule has 0 unspecified atom stereocenters. The summed E-state index contributed by atoms with van der Waals surface area (Å²) >= 11 is 0. The van der Waals surface area contributed by atoms with Crippen LogP contribution in [0.3, 0.4) is 0 Å². The van der Waals surface area contributed by atoms with Crippen molar-refractivity contribution in [3.8, 4) is 6.07 Å². The minimum Gasteiger partial charge on any atom is -0.444 e. The van der Waals surface area contributed by atoms with Crippen LogP contribution < -0.4 is 10.6 Å². The zero-order chi connectivity index (χ0) is 19.9. The first kappa shape index (κ1) is 19.1. The van der Waals surface area contributed by atoms with Crippen molar-refractivity contribution in [2.75, 3.05) is 5.32 Å². The lowest BCUT2D eigenvalue weighted by Gasteiger charge is -2.18. The molecule has 0 saturated heterocycles. The minimum absolute atomic E-state index is 0.147. The highest BCUT2D eigenvalue weighted by Crippen LogP contribution is 2.24. The fourth-order valence-corrected chi connectivity index (χ4v) is 2.55. The van der Waals surface area contributed by atoms with E-state index < -0.39 is 18.0 Å². The van der Waals surface area contributed by atoms with Gasteiger partial charge in [-0.2, -0.15) is 5.26 Å². The molecule has 2 aromatic carbocycles. The number of amides is 2. The monoisotopic (exact) mass is 377 g/mol. The van der Waals surface area contributed by atoms with E-state index in [4.69, 9.17) is 10.00 Å². The first-order chi connectivity index (χ1) is 13.6. The number of hydrogen-bond donors (Lipinski definition) is 2. The third kappa shape index (κ3) is 5.17. The maximum Gasteiger partial charge on any atom is 0.339 e. The van der Waals surface area contributed by atoms with Gasteiger partial charge in [0.25, 0.3) is 5.91 Å². The Morgan fingerprint density at radius 2 is 1.75 bits per heavy atom. The summed E-state index contributed by atoms with van der Waals surface area (Å²) in [6.07, 6.45) is 0.572.